The number of aromatic nitrogens is 1. The smallest absolute Gasteiger partial charge is 0.299 e. The minimum atomic E-state index is -0.777. The Kier molecular flexibility index (Phi) is 3.64. The molecule has 3 rings (SSSR count). The molecule has 0 fully saturated rings. The summed E-state index contributed by atoms with van der Waals surface area (Å²) in [7, 11) is 0. The number of benzene rings is 2. The highest BCUT2D eigenvalue weighted by molar-refractivity contribution is 7.16. The molecule has 0 saturated carbocycles. The van der Waals surface area contributed by atoms with E-state index in [0.29, 0.717) is 11.1 Å². The number of rotatable bonds is 4. The van der Waals surface area contributed by atoms with Gasteiger partial charge >= 0.3 is 0 Å². The fourth-order valence-electron chi connectivity index (χ4n) is 2.33. The summed E-state index contributed by atoms with van der Waals surface area (Å²) in [5.41, 5.74) is 3.21. The third-order valence-electron chi connectivity index (χ3n) is 3.34. The van der Waals surface area contributed by atoms with Gasteiger partial charge < -0.3 is 5.11 Å². The molecule has 6 heteroatoms. The summed E-state index contributed by atoms with van der Waals surface area (Å²) >= 11 is 1.36. The molecule has 1 aromatic heterocycles. The lowest BCUT2D eigenvalue weighted by Gasteiger charge is -2.11. The van der Waals surface area contributed by atoms with Gasteiger partial charge in [0.15, 0.2) is 5.52 Å². The lowest BCUT2D eigenvalue weighted by molar-refractivity contribution is -0.384. The zero-order chi connectivity index (χ0) is 14.8. The van der Waals surface area contributed by atoms with Gasteiger partial charge in [-0.3, -0.25) is 10.1 Å². The second-order valence-electron chi connectivity index (χ2n) is 4.66. The van der Waals surface area contributed by atoms with Crippen molar-refractivity contribution in [1.82, 2.24) is 4.98 Å². The molecule has 5 nitrogen and oxygen atoms in total. The highest BCUT2D eigenvalue weighted by atomic mass is 32.1. The first kappa shape index (κ1) is 13.7. The summed E-state index contributed by atoms with van der Waals surface area (Å²) in [6.07, 6.45) is -0.589. The van der Waals surface area contributed by atoms with Crippen LogP contribution >= 0.6 is 11.3 Å². The summed E-state index contributed by atoms with van der Waals surface area (Å²) in [5.74, 6) is 0. The van der Waals surface area contributed by atoms with Gasteiger partial charge in [0.25, 0.3) is 5.69 Å². The lowest BCUT2D eigenvalue weighted by Crippen LogP contribution is -2.04. The summed E-state index contributed by atoms with van der Waals surface area (Å²) < 4.78 is 0.777. The summed E-state index contributed by atoms with van der Waals surface area (Å²) in [5, 5.41) is 21.6. The maximum absolute atomic E-state index is 11.3. The molecule has 1 unspecified atom stereocenters. The molecular formula is C15H12N2O3S. The molecule has 0 amide bonds. The van der Waals surface area contributed by atoms with E-state index in [1.807, 2.05) is 24.3 Å². The Morgan fingerprint density at radius 2 is 2.00 bits per heavy atom. The molecule has 3 aromatic rings. The topological polar surface area (TPSA) is 76.3 Å². The Morgan fingerprint density at radius 1 is 1.24 bits per heavy atom. The van der Waals surface area contributed by atoms with Crippen molar-refractivity contribution in [2.45, 2.75) is 12.5 Å². The normalized spacial score (nSPS) is 12.4. The van der Waals surface area contributed by atoms with E-state index in [2.05, 4.69) is 4.98 Å². The van der Waals surface area contributed by atoms with Gasteiger partial charge in [0, 0.05) is 12.0 Å². The Hall–Kier alpha value is -2.31. The number of aliphatic hydroxyl groups is 1. The van der Waals surface area contributed by atoms with E-state index in [0.717, 1.165) is 10.3 Å². The first-order valence-corrected chi connectivity index (χ1v) is 7.27. The number of thiazole rings is 1. The Balaban J connectivity index is 2.00. The summed E-state index contributed by atoms with van der Waals surface area (Å²) in [6.45, 7) is 0. The average molecular weight is 300 g/mol. The van der Waals surface area contributed by atoms with E-state index in [1.165, 1.54) is 11.3 Å². The molecule has 21 heavy (non-hydrogen) atoms. The number of hydrogen-bond donors (Lipinski definition) is 1. The van der Waals surface area contributed by atoms with Crippen LogP contribution in [0.3, 0.4) is 0 Å². The number of hydrogen-bond acceptors (Lipinski definition) is 5. The SMILES string of the molecule is O=[N+]([O-])c1c(CC(O)c2ccccc2)ccc2scnc12. The van der Waals surface area contributed by atoms with Crippen LogP contribution in [0, 0.1) is 10.1 Å². The van der Waals surface area contributed by atoms with Crippen LogP contribution in [-0.2, 0) is 6.42 Å². The molecule has 1 heterocycles. The molecular weight excluding hydrogens is 288 g/mol. The van der Waals surface area contributed by atoms with Crippen molar-refractivity contribution in [2.24, 2.45) is 0 Å². The number of nitro benzene ring substituents is 1. The van der Waals surface area contributed by atoms with E-state index in [9.17, 15) is 15.2 Å². The van der Waals surface area contributed by atoms with Crippen molar-refractivity contribution in [3.8, 4) is 0 Å². The monoisotopic (exact) mass is 300 g/mol. The van der Waals surface area contributed by atoms with Crippen LogP contribution < -0.4 is 0 Å². The minimum Gasteiger partial charge on any atom is -0.388 e. The Bertz CT molecular complexity index is 786. The molecule has 0 spiro atoms. The highest BCUT2D eigenvalue weighted by Gasteiger charge is 2.22. The maximum Gasteiger partial charge on any atom is 0.299 e. The van der Waals surface area contributed by atoms with Gasteiger partial charge in [-0.25, -0.2) is 4.98 Å². The van der Waals surface area contributed by atoms with Gasteiger partial charge in [-0.1, -0.05) is 36.4 Å². The van der Waals surface area contributed by atoms with Gasteiger partial charge in [0.2, 0.25) is 0 Å². The molecule has 2 aromatic carbocycles. The molecule has 0 aliphatic carbocycles. The van der Waals surface area contributed by atoms with E-state index in [1.54, 1.807) is 23.7 Å². The van der Waals surface area contributed by atoms with Crippen LogP contribution in [0.5, 0.6) is 0 Å². The number of fused-ring (bicyclic) bond motifs is 1. The molecule has 0 saturated heterocycles. The van der Waals surface area contributed by atoms with Gasteiger partial charge in [0.1, 0.15) is 0 Å². The van der Waals surface area contributed by atoms with Gasteiger partial charge in [-0.05, 0) is 11.6 Å². The number of nitro groups is 1. The largest absolute Gasteiger partial charge is 0.388 e. The van der Waals surface area contributed by atoms with E-state index < -0.39 is 11.0 Å². The quantitative estimate of drug-likeness (QED) is 0.591. The van der Waals surface area contributed by atoms with E-state index in [-0.39, 0.29) is 12.1 Å². The Morgan fingerprint density at radius 3 is 2.71 bits per heavy atom. The third kappa shape index (κ3) is 2.63. The third-order valence-corrected chi connectivity index (χ3v) is 4.13. The molecule has 106 valence electrons. The zero-order valence-corrected chi connectivity index (χ0v) is 11.8. The highest BCUT2D eigenvalue weighted by Crippen LogP contribution is 2.33. The summed E-state index contributed by atoms with van der Waals surface area (Å²) in [6, 6.07) is 12.6. The van der Waals surface area contributed by atoms with Crippen LogP contribution in [-0.4, -0.2) is 15.0 Å². The molecule has 0 radical (unpaired) electrons. The minimum absolute atomic E-state index is 0.0104. The zero-order valence-electron chi connectivity index (χ0n) is 11.0. The predicted octanol–water partition coefficient (Wildman–Crippen LogP) is 3.48. The standard InChI is InChI=1S/C15H12N2O3S/c18-12(10-4-2-1-3-5-10)8-11-6-7-13-14(16-9-21-13)15(11)17(19)20/h1-7,9,12,18H,8H2. The fourth-order valence-corrected chi connectivity index (χ4v) is 3.01. The van der Waals surface area contributed by atoms with Crippen LogP contribution in [0.25, 0.3) is 10.2 Å². The summed E-state index contributed by atoms with van der Waals surface area (Å²) in [4.78, 5) is 15.0. The van der Waals surface area contributed by atoms with Crippen LogP contribution in [0.2, 0.25) is 0 Å². The second-order valence-corrected chi connectivity index (χ2v) is 5.55. The molecule has 0 aliphatic heterocycles. The van der Waals surface area contributed by atoms with Crippen LogP contribution in [0.1, 0.15) is 17.2 Å². The van der Waals surface area contributed by atoms with Crippen molar-refractivity contribution in [3.05, 3.63) is 69.2 Å². The van der Waals surface area contributed by atoms with Gasteiger partial charge in [-0.15, -0.1) is 11.3 Å². The van der Waals surface area contributed by atoms with Crippen LogP contribution in [0.4, 0.5) is 5.69 Å². The number of aliphatic hydroxyl groups excluding tert-OH is 1. The fraction of sp³-hybridized carbons (Fsp3) is 0.133. The van der Waals surface area contributed by atoms with Crippen LogP contribution in [0.15, 0.2) is 48.0 Å². The van der Waals surface area contributed by atoms with E-state index >= 15 is 0 Å². The average Bonchev–Trinajstić information content (AvgIpc) is 2.95. The predicted molar refractivity (Wildman–Crippen MR) is 81.4 cm³/mol. The first-order valence-electron chi connectivity index (χ1n) is 6.39. The van der Waals surface area contributed by atoms with Crippen molar-refractivity contribution in [1.29, 1.82) is 0 Å². The van der Waals surface area contributed by atoms with Gasteiger partial charge in [0.05, 0.1) is 21.2 Å². The number of nitrogens with zero attached hydrogens (tertiary/aromatic N) is 2. The first-order chi connectivity index (χ1) is 10.2. The molecule has 0 aliphatic rings. The van der Waals surface area contributed by atoms with Crippen molar-refractivity contribution in [3.63, 3.8) is 0 Å². The maximum atomic E-state index is 11.3. The molecule has 1 N–H and O–H groups in total. The van der Waals surface area contributed by atoms with Crippen molar-refractivity contribution < 1.29 is 10.0 Å². The Labute approximate surface area is 124 Å². The van der Waals surface area contributed by atoms with Crippen molar-refractivity contribution in [2.75, 3.05) is 0 Å². The van der Waals surface area contributed by atoms with Crippen molar-refractivity contribution >= 4 is 27.2 Å². The second kappa shape index (κ2) is 5.59. The lowest BCUT2D eigenvalue weighted by atomic mass is 10.00. The van der Waals surface area contributed by atoms with E-state index in [4.69, 9.17) is 0 Å². The molecule has 0 bridgehead atoms. The van der Waals surface area contributed by atoms with Gasteiger partial charge in [-0.2, -0.15) is 0 Å². The molecule has 1 atom stereocenters.